The Kier molecular flexibility index (Phi) is 6.94. The predicted octanol–water partition coefficient (Wildman–Crippen LogP) is 3.95. The first kappa shape index (κ1) is 22.6. The van der Waals surface area contributed by atoms with Crippen molar-refractivity contribution in [2.24, 2.45) is 23.2 Å². The van der Waals surface area contributed by atoms with Gasteiger partial charge in [-0.25, -0.2) is 0 Å². The topological polar surface area (TPSA) is 86.1 Å². The number of rotatable bonds is 10. The van der Waals surface area contributed by atoms with Gasteiger partial charge in [0.25, 0.3) is 0 Å². The maximum absolute atomic E-state index is 13.3. The highest BCUT2D eigenvalue weighted by Crippen LogP contribution is 2.60. The molecule has 1 N–H and O–H groups in total. The Morgan fingerprint density at radius 2 is 1.81 bits per heavy atom. The number of thioether (sulfide) groups is 1. The van der Waals surface area contributed by atoms with Crippen LogP contribution in [0.15, 0.2) is 5.16 Å². The number of hydrogen-bond acceptors (Lipinski definition) is 6. The molecule has 0 saturated heterocycles. The Morgan fingerprint density at radius 1 is 1.16 bits per heavy atom. The number of ether oxygens (including phenoxy) is 1. The van der Waals surface area contributed by atoms with Crippen LogP contribution in [0, 0.1) is 23.2 Å². The van der Waals surface area contributed by atoms with E-state index in [1.807, 2.05) is 13.8 Å². The number of hydrogen-bond donors (Lipinski definition) is 1. The fourth-order valence-corrected chi connectivity index (χ4v) is 7.17. The summed E-state index contributed by atoms with van der Waals surface area (Å²) < 4.78 is 7.18. The summed E-state index contributed by atoms with van der Waals surface area (Å²) >= 11 is 1.37. The molecule has 7 nitrogen and oxygen atoms in total. The number of carbonyl (C=O) groups is 2. The third-order valence-corrected chi connectivity index (χ3v) is 8.42. The molecular weight excluding hydrogens is 412 g/mol. The summed E-state index contributed by atoms with van der Waals surface area (Å²) in [5.74, 6) is 2.98. The standard InChI is InChI=1S/C23H36N4O3S/c1-4-6-7-27-19(25-26-22(27)31-15(3)20(28)30-5-2)14-24-21(29)23-11-16-8-17(12-23)10-18(9-16)13-23/h15-18H,4-14H2,1-3H3,(H,24,29). The molecule has 4 fully saturated rings. The lowest BCUT2D eigenvalue weighted by molar-refractivity contribution is -0.146. The molecule has 0 spiro atoms. The van der Waals surface area contributed by atoms with Crippen LogP contribution in [0.4, 0.5) is 0 Å². The normalized spacial score (nSPS) is 29.7. The molecule has 0 aliphatic heterocycles. The Balaban J connectivity index is 1.42. The molecule has 0 aromatic carbocycles. The summed E-state index contributed by atoms with van der Waals surface area (Å²) in [4.78, 5) is 25.3. The van der Waals surface area contributed by atoms with Crippen LogP contribution in [-0.2, 0) is 27.4 Å². The van der Waals surface area contributed by atoms with Crippen molar-refractivity contribution in [2.45, 2.75) is 95.6 Å². The molecule has 4 aliphatic carbocycles. The van der Waals surface area contributed by atoms with E-state index < -0.39 is 0 Å². The summed E-state index contributed by atoms with van der Waals surface area (Å²) in [7, 11) is 0. The SMILES string of the molecule is CCCCn1c(CNC(=O)C23CC4CC(CC(C4)C2)C3)nnc1SC(C)C(=O)OCC. The molecular formula is C23H36N4O3S. The summed E-state index contributed by atoms with van der Waals surface area (Å²) in [6, 6.07) is 0. The fourth-order valence-electron chi connectivity index (χ4n) is 6.28. The minimum Gasteiger partial charge on any atom is -0.465 e. The highest BCUT2D eigenvalue weighted by molar-refractivity contribution is 8.00. The number of esters is 1. The first-order chi connectivity index (χ1) is 14.9. The minimum atomic E-state index is -0.348. The van der Waals surface area contributed by atoms with Crippen molar-refractivity contribution in [2.75, 3.05) is 6.61 Å². The van der Waals surface area contributed by atoms with Crippen molar-refractivity contribution >= 4 is 23.6 Å². The number of nitrogens with one attached hydrogen (secondary N) is 1. The second-order valence-corrected chi connectivity index (χ2v) is 11.1. The molecule has 5 rings (SSSR count). The highest BCUT2D eigenvalue weighted by atomic mass is 32.2. The van der Waals surface area contributed by atoms with E-state index in [1.165, 1.54) is 31.0 Å². The maximum Gasteiger partial charge on any atom is 0.319 e. The van der Waals surface area contributed by atoms with Gasteiger partial charge in [-0.1, -0.05) is 25.1 Å². The van der Waals surface area contributed by atoms with Crippen LogP contribution in [0.2, 0.25) is 0 Å². The molecule has 1 atom stereocenters. The molecule has 4 bridgehead atoms. The average molecular weight is 449 g/mol. The zero-order valence-corrected chi connectivity index (χ0v) is 19.9. The van der Waals surface area contributed by atoms with Crippen LogP contribution in [0.25, 0.3) is 0 Å². The molecule has 4 saturated carbocycles. The number of unbranched alkanes of at least 4 members (excludes halogenated alkanes) is 1. The molecule has 1 amide bonds. The molecule has 1 heterocycles. The van der Waals surface area contributed by atoms with E-state index in [0.29, 0.717) is 18.3 Å². The van der Waals surface area contributed by atoms with Gasteiger partial charge in [0.05, 0.1) is 13.2 Å². The second kappa shape index (κ2) is 9.51. The van der Waals surface area contributed by atoms with Gasteiger partial charge < -0.3 is 14.6 Å². The van der Waals surface area contributed by atoms with Crippen molar-refractivity contribution in [3.05, 3.63) is 5.82 Å². The fraction of sp³-hybridized carbons (Fsp3) is 0.826. The van der Waals surface area contributed by atoms with Gasteiger partial charge >= 0.3 is 5.97 Å². The zero-order chi connectivity index (χ0) is 22.0. The molecule has 4 aliphatic rings. The van der Waals surface area contributed by atoms with E-state index in [1.54, 1.807) is 0 Å². The molecule has 1 aromatic heterocycles. The van der Waals surface area contributed by atoms with E-state index >= 15 is 0 Å². The molecule has 1 aromatic rings. The number of aromatic nitrogens is 3. The van der Waals surface area contributed by atoms with Gasteiger partial charge in [0.15, 0.2) is 11.0 Å². The van der Waals surface area contributed by atoms with E-state index in [0.717, 1.165) is 62.2 Å². The molecule has 1 unspecified atom stereocenters. The predicted molar refractivity (Wildman–Crippen MR) is 119 cm³/mol. The van der Waals surface area contributed by atoms with Gasteiger partial charge in [0.1, 0.15) is 5.25 Å². The number of amides is 1. The average Bonchev–Trinajstić information content (AvgIpc) is 3.10. The van der Waals surface area contributed by atoms with Crippen LogP contribution in [0.1, 0.15) is 78.0 Å². The highest BCUT2D eigenvalue weighted by Gasteiger charge is 2.54. The lowest BCUT2D eigenvalue weighted by atomic mass is 9.49. The van der Waals surface area contributed by atoms with E-state index in [4.69, 9.17) is 4.74 Å². The Morgan fingerprint density at radius 3 is 2.39 bits per heavy atom. The summed E-state index contributed by atoms with van der Waals surface area (Å²) in [5.41, 5.74) is -0.154. The van der Waals surface area contributed by atoms with Gasteiger partial charge in [0, 0.05) is 12.0 Å². The summed E-state index contributed by atoms with van der Waals surface area (Å²) in [6.07, 6.45) is 9.22. The summed E-state index contributed by atoms with van der Waals surface area (Å²) in [6.45, 7) is 7.33. The van der Waals surface area contributed by atoms with Crippen molar-refractivity contribution in [1.29, 1.82) is 0 Å². The van der Waals surface area contributed by atoms with Crippen LogP contribution in [0.3, 0.4) is 0 Å². The van der Waals surface area contributed by atoms with Crippen LogP contribution in [0.5, 0.6) is 0 Å². The third kappa shape index (κ3) is 4.78. The smallest absolute Gasteiger partial charge is 0.319 e. The van der Waals surface area contributed by atoms with E-state index in [2.05, 4.69) is 27.0 Å². The van der Waals surface area contributed by atoms with Crippen LogP contribution < -0.4 is 5.32 Å². The van der Waals surface area contributed by atoms with Gasteiger partial charge in [0.2, 0.25) is 5.91 Å². The molecule has 0 radical (unpaired) electrons. The second-order valence-electron chi connectivity index (χ2n) is 9.80. The van der Waals surface area contributed by atoms with E-state index in [-0.39, 0.29) is 22.5 Å². The van der Waals surface area contributed by atoms with Gasteiger partial charge in [-0.05, 0) is 76.5 Å². The van der Waals surface area contributed by atoms with Gasteiger partial charge in [-0.2, -0.15) is 0 Å². The quantitative estimate of drug-likeness (QED) is 0.431. The lowest BCUT2D eigenvalue weighted by Crippen LogP contribution is -2.53. The van der Waals surface area contributed by atoms with Crippen molar-refractivity contribution in [3.8, 4) is 0 Å². The van der Waals surface area contributed by atoms with Crippen molar-refractivity contribution in [1.82, 2.24) is 20.1 Å². The molecule has 8 heteroatoms. The van der Waals surface area contributed by atoms with Crippen molar-refractivity contribution in [3.63, 3.8) is 0 Å². The largest absolute Gasteiger partial charge is 0.465 e. The molecule has 31 heavy (non-hydrogen) atoms. The number of carbonyl (C=O) groups excluding carboxylic acids is 2. The molecule has 172 valence electrons. The lowest BCUT2D eigenvalue weighted by Gasteiger charge is -2.55. The van der Waals surface area contributed by atoms with Crippen molar-refractivity contribution < 1.29 is 14.3 Å². The number of nitrogens with zero attached hydrogens (tertiary/aromatic N) is 3. The first-order valence-electron chi connectivity index (χ1n) is 12.0. The third-order valence-electron chi connectivity index (χ3n) is 7.36. The first-order valence-corrected chi connectivity index (χ1v) is 12.9. The Labute approximate surface area is 189 Å². The van der Waals surface area contributed by atoms with Gasteiger partial charge in [-0.3, -0.25) is 9.59 Å². The Hall–Kier alpha value is -1.57. The van der Waals surface area contributed by atoms with Gasteiger partial charge in [-0.15, -0.1) is 10.2 Å². The van der Waals surface area contributed by atoms with Crippen LogP contribution in [-0.4, -0.2) is 38.5 Å². The maximum atomic E-state index is 13.3. The van der Waals surface area contributed by atoms with Crippen LogP contribution >= 0.6 is 11.8 Å². The monoisotopic (exact) mass is 448 g/mol. The zero-order valence-electron chi connectivity index (χ0n) is 19.1. The summed E-state index contributed by atoms with van der Waals surface area (Å²) in [5, 5.41) is 12.3. The Bertz CT molecular complexity index is 773. The minimum absolute atomic E-state index is 0.154. The van der Waals surface area contributed by atoms with E-state index in [9.17, 15) is 9.59 Å².